The van der Waals surface area contributed by atoms with Gasteiger partial charge in [-0.05, 0) is 55.7 Å². The van der Waals surface area contributed by atoms with Crippen LogP contribution in [-0.4, -0.2) is 11.6 Å². The molecule has 3 rings (SSSR count). The molecule has 0 heterocycles. The van der Waals surface area contributed by atoms with Crippen molar-refractivity contribution in [2.75, 3.05) is 0 Å². The van der Waals surface area contributed by atoms with Gasteiger partial charge in [0.1, 0.15) is 5.78 Å². The molecule has 0 radical (unpaired) electrons. The zero-order valence-electron chi connectivity index (χ0n) is 16.2. The molecule has 0 saturated heterocycles. The van der Waals surface area contributed by atoms with Gasteiger partial charge in [0.15, 0.2) is 5.78 Å². The van der Waals surface area contributed by atoms with Crippen LogP contribution in [0.5, 0.6) is 0 Å². The van der Waals surface area contributed by atoms with E-state index in [-0.39, 0.29) is 11.2 Å². The molecule has 1 fully saturated rings. The molecule has 0 aliphatic heterocycles. The summed E-state index contributed by atoms with van der Waals surface area (Å²) in [6.07, 6.45) is 9.98. The molecule has 2 nitrogen and oxygen atoms in total. The minimum absolute atomic E-state index is 0.255. The van der Waals surface area contributed by atoms with Crippen molar-refractivity contribution >= 4 is 23.3 Å². The predicted molar refractivity (Wildman–Crippen MR) is 113 cm³/mol. The van der Waals surface area contributed by atoms with Crippen LogP contribution < -0.4 is 0 Å². The van der Waals surface area contributed by atoms with Gasteiger partial charge in [0.05, 0.1) is 0 Å². The van der Waals surface area contributed by atoms with E-state index >= 15 is 0 Å². The van der Waals surface area contributed by atoms with Crippen LogP contribution in [0.25, 0.3) is 0 Å². The van der Waals surface area contributed by atoms with E-state index < -0.39 is 0 Å². The highest BCUT2D eigenvalue weighted by atomic mass is 32.2. The molecule has 3 heteroatoms. The average molecular weight is 381 g/mol. The summed E-state index contributed by atoms with van der Waals surface area (Å²) < 4.78 is 0. The molecule has 142 valence electrons. The monoisotopic (exact) mass is 380 g/mol. The van der Waals surface area contributed by atoms with Crippen molar-refractivity contribution in [3.05, 3.63) is 65.6 Å². The summed E-state index contributed by atoms with van der Waals surface area (Å²) in [4.78, 5) is 26.9. The molecule has 0 unspecified atom stereocenters. The number of thioether (sulfide) groups is 1. The molecule has 0 N–H and O–H groups in total. The Kier molecular flexibility index (Phi) is 6.21. The van der Waals surface area contributed by atoms with Crippen LogP contribution in [0.15, 0.2) is 70.5 Å². The molecule has 0 amide bonds. The molecular weight excluding hydrogens is 352 g/mol. The Hall–Kier alpha value is -1.87. The van der Waals surface area contributed by atoms with Crippen LogP contribution in [0, 0.1) is 17.3 Å². The van der Waals surface area contributed by atoms with Crippen molar-refractivity contribution in [2.24, 2.45) is 17.3 Å². The molecule has 3 atom stereocenters. The lowest BCUT2D eigenvalue weighted by atomic mass is 9.67. The normalized spacial score (nSPS) is 29.0. The quantitative estimate of drug-likeness (QED) is 0.438. The molecule has 0 spiro atoms. The molecule has 27 heavy (non-hydrogen) atoms. The summed E-state index contributed by atoms with van der Waals surface area (Å²) in [5, 5.41) is 0. The maximum absolute atomic E-state index is 12.8. The first-order chi connectivity index (χ1) is 12.9. The van der Waals surface area contributed by atoms with Crippen LogP contribution in [0.4, 0.5) is 0 Å². The SMILES string of the molecule is C=C/C(=C\C[C@@]1(C)C(=O)CC[C@@H]1[C@@H]1C=C(C)C(=O)CC1)Sc1ccccc1. The summed E-state index contributed by atoms with van der Waals surface area (Å²) in [5.41, 5.74) is 0.516. The van der Waals surface area contributed by atoms with E-state index in [1.165, 1.54) is 4.90 Å². The number of carbonyl (C=O) groups is 2. The van der Waals surface area contributed by atoms with Crippen LogP contribution in [0.3, 0.4) is 0 Å². The Balaban J connectivity index is 1.78. The smallest absolute Gasteiger partial charge is 0.158 e. The number of Topliss-reactive ketones (excluding diaryl/α,β-unsaturated/α-hetero) is 2. The van der Waals surface area contributed by atoms with E-state index in [0.717, 1.165) is 29.7 Å². The van der Waals surface area contributed by atoms with Gasteiger partial charge in [-0.15, -0.1) is 0 Å². The largest absolute Gasteiger partial charge is 0.299 e. The van der Waals surface area contributed by atoms with E-state index in [4.69, 9.17) is 0 Å². The highest BCUT2D eigenvalue weighted by Gasteiger charge is 2.48. The Labute approximate surface area is 166 Å². The summed E-state index contributed by atoms with van der Waals surface area (Å²) in [7, 11) is 0. The lowest BCUT2D eigenvalue weighted by Crippen LogP contribution is -2.34. The van der Waals surface area contributed by atoms with Crippen molar-refractivity contribution < 1.29 is 9.59 Å². The van der Waals surface area contributed by atoms with Gasteiger partial charge in [0.25, 0.3) is 0 Å². The first-order valence-corrected chi connectivity index (χ1v) is 10.6. The fourth-order valence-electron chi connectivity index (χ4n) is 4.46. The highest BCUT2D eigenvalue weighted by molar-refractivity contribution is 8.03. The van der Waals surface area contributed by atoms with Crippen molar-refractivity contribution in [2.45, 2.75) is 50.8 Å². The Morgan fingerprint density at radius 3 is 2.63 bits per heavy atom. The third-order valence-corrected chi connectivity index (χ3v) is 7.25. The van der Waals surface area contributed by atoms with Crippen LogP contribution >= 0.6 is 11.8 Å². The number of hydrogen-bond donors (Lipinski definition) is 0. The third-order valence-electron chi connectivity index (χ3n) is 6.17. The molecule has 1 aromatic rings. The molecular formula is C24H28O2S. The molecule has 0 aromatic heterocycles. The summed E-state index contributed by atoms with van der Waals surface area (Å²) in [5.74, 6) is 1.27. The van der Waals surface area contributed by atoms with Crippen LogP contribution in [0.1, 0.15) is 46.0 Å². The van der Waals surface area contributed by atoms with Gasteiger partial charge in [0, 0.05) is 28.1 Å². The van der Waals surface area contributed by atoms with Crippen molar-refractivity contribution in [1.29, 1.82) is 0 Å². The minimum Gasteiger partial charge on any atom is -0.299 e. The lowest BCUT2D eigenvalue weighted by molar-refractivity contribution is -0.126. The Bertz CT molecular complexity index is 790. The van der Waals surface area contributed by atoms with Crippen molar-refractivity contribution in [1.82, 2.24) is 0 Å². The van der Waals surface area contributed by atoms with Gasteiger partial charge in [-0.25, -0.2) is 0 Å². The van der Waals surface area contributed by atoms with Gasteiger partial charge < -0.3 is 0 Å². The first-order valence-electron chi connectivity index (χ1n) is 9.74. The molecule has 1 aromatic carbocycles. The molecule has 0 bridgehead atoms. The second-order valence-electron chi connectivity index (χ2n) is 7.89. The summed E-state index contributed by atoms with van der Waals surface area (Å²) >= 11 is 1.68. The Morgan fingerprint density at radius 1 is 1.22 bits per heavy atom. The zero-order chi connectivity index (χ0) is 19.4. The number of rotatable bonds is 6. The number of carbonyl (C=O) groups excluding carboxylic acids is 2. The predicted octanol–water partition coefficient (Wildman–Crippen LogP) is 6.15. The van der Waals surface area contributed by atoms with E-state index in [0.29, 0.717) is 30.5 Å². The van der Waals surface area contributed by atoms with Gasteiger partial charge >= 0.3 is 0 Å². The highest BCUT2D eigenvalue weighted by Crippen LogP contribution is 2.50. The van der Waals surface area contributed by atoms with Gasteiger partial charge in [-0.2, -0.15) is 0 Å². The van der Waals surface area contributed by atoms with Crippen molar-refractivity contribution in [3.8, 4) is 0 Å². The average Bonchev–Trinajstić information content (AvgIpc) is 2.97. The van der Waals surface area contributed by atoms with Gasteiger partial charge in [-0.3, -0.25) is 9.59 Å². The molecule has 2 aliphatic carbocycles. The Morgan fingerprint density at radius 2 is 1.96 bits per heavy atom. The topological polar surface area (TPSA) is 34.1 Å². The van der Waals surface area contributed by atoms with Crippen LogP contribution in [0.2, 0.25) is 0 Å². The second kappa shape index (κ2) is 8.43. The molecule has 2 aliphatic rings. The maximum atomic E-state index is 12.8. The minimum atomic E-state index is -0.354. The summed E-state index contributed by atoms with van der Waals surface area (Å²) in [6.45, 7) is 7.98. The van der Waals surface area contributed by atoms with Gasteiger partial charge in [0.2, 0.25) is 0 Å². The number of hydrogen-bond acceptors (Lipinski definition) is 3. The standard InChI is InChI=1S/C24H28O2S/c1-4-19(27-20-8-6-5-7-9-20)14-15-24(3)21(11-13-23(24)26)18-10-12-22(25)17(2)16-18/h4-9,14,16,18,21H,1,10-13,15H2,2-3H3/b19-14+/t18-,21+,24+/m0/s1. The number of allylic oxidation sites excluding steroid dienone is 4. The molecule has 1 saturated carbocycles. The van der Waals surface area contributed by atoms with E-state index in [1.807, 2.05) is 31.2 Å². The van der Waals surface area contributed by atoms with Crippen molar-refractivity contribution in [3.63, 3.8) is 0 Å². The van der Waals surface area contributed by atoms with E-state index in [2.05, 4.69) is 37.8 Å². The van der Waals surface area contributed by atoms with E-state index in [1.54, 1.807) is 11.8 Å². The first kappa shape index (κ1) is 19.9. The fraction of sp³-hybridized carbons (Fsp3) is 0.417. The number of benzene rings is 1. The zero-order valence-corrected chi connectivity index (χ0v) is 17.1. The van der Waals surface area contributed by atoms with E-state index in [9.17, 15) is 9.59 Å². The fourth-order valence-corrected chi connectivity index (χ4v) is 5.28. The maximum Gasteiger partial charge on any atom is 0.158 e. The number of ketones is 2. The summed E-state index contributed by atoms with van der Waals surface area (Å²) in [6, 6.07) is 10.2. The second-order valence-corrected chi connectivity index (χ2v) is 9.04. The van der Waals surface area contributed by atoms with Gasteiger partial charge in [-0.1, -0.05) is 61.7 Å². The third kappa shape index (κ3) is 4.35. The van der Waals surface area contributed by atoms with Crippen LogP contribution in [-0.2, 0) is 9.59 Å². The lowest BCUT2D eigenvalue weighted by Gasteiger charge is -2.35.